The Kier molecular flexibility index (Phi) is 3.74. The van der Waals surface area contributed by atoms with E-state index >= 15 is 0 Å². The van der Waals surface area contributed by atoms with Crippen molar-refractivity contribution >= 4 is 40.0 Å². The van der Waals surface area contributed by atoms with E-state index in [0.29, 0.717) is 10.6 Å². The summed E-state index contributed by atoms with van der Waals surface area (Å²) in [6.07, 6.45) is 3.36. The highest BCUT2D eigenvalue weighted by atomic mass is 35.5. The number of aromatic amines is 1. The number of H-pyrrole nitrogens is 1. The fourth-order valence-corrected chi connectivity index (χ4v) is 3.39. The van der Waals surface area contributed by atoms with Gasteiger partial charge in [0.05, 0.1) is 0 Å². The Labute approximate surface area is 131 Å². The van der Waals surface area contributed by atoms with Gasteiger partial charge in [-0.15, -0.1) is 0 Å². The van der Waals surface area contributed by atoms with Crippen molar-refractivity contribution in [3.63, 3.8) is 0 Å². The van der Waals surface area contributed by atoms with Gasteiger partial charge in [-0.1, -0.05) is 29.4 Å². The number of hydrogen-bond acceptors (Lipinski definition) is 3. The summed E-state index contributed by atoms with van der Waals surface area (Å²) in [7, 11) is 0. The van der Waals surface area contributed by atoms with Crippen molar-refractivity contribution in [2.24, 2.45) is 0 Å². The third-order valence-corrected chi connectivity index (χ3v) is 4.65. The molecule has 3 rings (SSSR count). The summed E-state index contributed by atoms with van der Waals surface area (Å²) < 4.78 is 0. The van der Waals surface area contributed by atoms with E-state index < -0.39 is 0 Å². The zero-order valence-corrected chi connectivity index (χ0v) is 13.2. The smallest absolute Gasteiger partial charge is 0.161 e. The van der Waals surface area contributed by atoms with Crippen LogP contribution in [-0.2, 0) is 0 Å². The summed E-state index contributed by atoms with van der Waals surface area (Å²) in [6, 6.07) is 7.67. The molecule has 1 N–H and O–H groups in total. The highest BCUT2D eigenvalue weighted by Crippen LogP contribution is 2.37. The third-order valence-electron chi connectivity index (χ3n) is 3.23. The molecule has 2 heterocycles. The molecule has 3 nitrogen and oxygen atoms in total. The highest BCUT2D eigenvalue weighted by molar-refractivity contribution is 7.99. The van der Waals surface area contributed by atoms with E-state index in [-0.39, 0.29) is 5.78 Å². The minimum atomic E-state index is 0.0207. The first-order valence-corrected chi connectivity index (χ1v) is 7.65. The van der Waals surface area contributed by atoms with E-state index in [1.54, 1.807) is 31.1 Å². The number of fused-ring (bicyclic) bond motifs is 1. The van der Waals surface area contributed by atoms with Gasteiger partial charge in [-0.3, -0.25) is 9.78 Å². The van der Waals surface area contributed by atoms with Crippen molar-refractivity contribution < 1.29 is 4.79 Å². The maximum atomic E-state index is 11.4. The fraction of sp³-hybridized carbons (Fsp3) is 0.125. The van der Waals surface area contributed by atoms with Crippen molar-refractivity contribution in [2.75, 3.05) is 0 Å². The lowest BCUT2D eigenvalue weighted by Gasteiger charge is -2.03. The molecular weight excluding hydrogens is 304 g/mol. The molecule has 106 valence electrons. The van der Waals surface area contributed by atoms with Gasteiger partial charge in [0.15, 0.2) is 5.78 Å². The van der Waals surface area contributed by atoms with Crippen molar-refractivity contribution in [2.45, 2.75) is 23.6 Å². The second kappa shape index (κ2) is 5.54. The van der Waals surface area contributed by atoms with Crippen LogP contribution in [0.15, 0.2) is 46.5 Å². The average Bonchev–Trinajstić information content (AvgIpc) is 2.74. The second-order valence-corrected chi connectivity index (χ2v) is 6.36. The van der Waals surface area contributed by atoms with Crippen LogP contribution in [0.3, 0.4) is 0 Å². The van der Waals surface area contributed by atoms with E-state index in [1.807, 2.05) is 31.2 Å². The lowest BCUT2D eigenvalue weighted by atomic mass is 10.2. The minimum absolute atomic E-state index is 0.0207. The molecule has 0 aliphatic rings. The third kappa shape index (κ3) is 2.82. The molecule has 0 aliphatic carbocycles. The van der Waals surface area contributed by atoms with Crippen LogP contribution in [0.1, 0.15) is 23.0 Å². The van der Waals surface area contributed by atoms with E-state index in [4.69, 9.17) is 11.6 Å². The SMILES string of the molecule is CC(=O)c1cncc(Sc2c(C)[nH]c3cc(Cl)ccc23)c1. The van der Waals surface area contributed by atoms with Crippen molar-refractivity contribution in [1.29, 1.82) is 0 Å². The van der Waals surface area contributed by atoms with Gasteiger partial charge < -0.3 is 4.98 Å². The number of halogens is 1. The summed E-state index contributed by atoms with van der Waals surface area (Å²) in [5.74, 6) is 0.0207. The Morgan fingerprint density at radius 1 is 1.29 bits per heavy atom. The summed E-state index contributed by atoms with van der Waals surface area (Å²) >= 11 is 7.62. The molecule has 21 heavy (non-hydrogen) atoms. The standard InChI is InChI=1S/C16H13ClN2OS/c1-9-16(14-4-3-12(17)6-15(14)19-9)21-13-5-11(10(2)20)7-18-8-13/h3-8,19H,1-2H3. The first-order chi connectivity index (χ1) is 10.0. The molecule has 2 aromatic heterocycles. The molecule has 0 unspecified atom stereocenters. The van der Waals surface area contributed by atoms with Gasteiger partial charge in [0, 0.05) is 49.4 Å². The summed E-state index contributed by atoms with van der Waals surface area (Å²) in [5, 5.41) is 1.83. The largest absolute Gasteiger partial charge is 0.358 e. The van der Waals surface area contributed by atoms with Gasteiger partial charge in [0.1, 0.15) is 0 Å². The van der Waals surface area contributed by atoms with Gasteiger partial charge in [-0.05, 0) is 32.0 Å². The molecule has 0 saturated carbocycles. The van der Waals surface area contributed by atoms with Crippen LogP contribution in [0.2, 0.25) is 5.02 Å². The predicted octanol–water partition coefficient (Wildman–Crippen LogP) is 4.88. The average molecular weight is 317 g/mol. The Morgan fingerprint density at radius 2 is 2.10 bits per heavy atom. The van der Waals surface area contributed by atoms with E-state index in [0.717, 1.165) is 26.4 Å². The molecule has 0 atom stereocenters. The summed E-state index contributed by atoms with van der Waals surface area (Å²) in [6.45, 7) is 3.57. The number of Topliss-reactive ketones (excluding diaryl/α,β-unsaturated/α-hetero) is 1. The molecule has 0 amide bonds. The minimum Gasteiger partial charge on any atom is -0.358 e. The van der Waals surface area contributed by atoms with E-state index in [2.05, 4.69) is 9.97 Å². The van der Waals surface area contributed by atoms with Crippen LogP contribution in [0.5, 0.6) is 0 Å². The lowest BCUT2D eigenvalue weighted by Crippen LogP contribution is -1.93. The molecule has 0 spiro atoms. The molecular formula is C16H13ClN2OS. The molecule has 1 aromatic carbocycles. The highest BCUT2D eigenvalue weighted by Gasteiger charge is 2.11. The second-order valence-electron chi connectivity index (χ2n) is 4.84. The molecule has 0 saturated heterocycles. The Bertz CT molecular complexity index is 841. The number of carbonyl (C=O) groups excluding carboxylic acids is 1. The first kappa shape index (κ1) is 14.2. The Hall–Kier alpha value is -1.78. The number of nitrogens with zero attached hydrogens (tertiary/aromatic N) is 1. The zero-order chi connectivity index (χ0) is 15.0. The van der Waals surface area contributed by atoms with Crippen molar-refractivity contribution in [1.82, 2.24) is 9.97 Å². The lowest BCUT2D eigenvalue weighted by molar-refractivity contribution is 0.101. The number of pyridine rings is 1. The van der Waals surface area contributed by atoms with Crippen LogP contribution in [-0.4, -0.2) is 15.8 Å². The predicted molar refractivity (Wildman–Crippen MR) is 86.4 cm³/mol. The van der Waals surface area contributed by atoms with Crippen LogP contribution in [0, 0.1) is 6.92 Å². The monoisotopic (exact) mass is 316 g/mol. The van der Waals surface area contributed by atoms with Crippen LogP contribution >= 0.6 is 23.4 Å². The molecule has 5 heteroatoms. The van der Waals surface area contributed by atoms with Gasteiger partial charge in [-0.2, -0.15) is 0 Å². The van der Waals surface area contributed by atoms with Crippen molar-refractivity contribution in [3.05, 3.63) is 52.9 Å². The van der Waals surface area contributed by atoms with Gasteiger partial charge >= 0.3 is 0 Å². The zero-order valence-electron chi connectivity index (χ0n) is 11.6. The number of carbonyl (C=O) groups is 1. The van der Waals surface area contributed by atoms with Gasteiger partial charge in [0.25, 0.3) is 0 Å². The van der Waals surface area contributed by atoms with Crippen molar-refractivity contribution in [3.8, 4) is 0 Å². The maximum absolute atomic E-state index is 11.4. The number of rotatable bonds is 3. The van der Waals surface area contributed by atoms with E-state index in [1.165, 1.54) is 0 Å². The molecule has 0 radical (unpaired) electrons. The number of nitrogens with one attached hydrogen (secondary N) is 1. The summed E-state index contributed by atoms with van der Waals surface area (Å²) in [4.78, 5) is 21.0. The van der Waals surface area contributed by atoms with Crippen LogP contribution < -0.4 is 0 Å². The molecule has 3 aromatic rings. The molecule has 0 fully saturated rings. The number of benzene rings is 1. The van der Waals surface area contributed by atoms with Crippen LogP contribution in [0.4, 0.5) is 0 Å². The van der Waals surface area contributed by atoms with Gasteiger partial charge in [0.2, 0.25) is 0 Å². The first-order valence-electron chi connectivity index (χ1n) is 6.46. The summed E-state index contributed by atoms with van der Waals surface area (Å²) in [5.41, 5.74) is 2.71. The fourth-order valence-electron chi connectivity index (χ4n) is 2.20. The Balaban J connectivity index is 2.04. The Morgan fingerprint density at radius 3 is 2.86 bits per heavy atom. The number of hydrogen-bond donors (Lipinski definition) is 1. The van der Waals surface area contributed by atoms with Gasteiger partial charge in [-0.25, -0.2) is 0 Å². The number of ketones is 1. The number of aromatic nitrogens is 2. The number of aryl methyl sites for hydroxylation is 1. The normalized spacial score (nSPS) is 11.0. The molecule has 0 aliphatic heterocycles. The molecule has 0 bridgehead atoms. The van der Waals surface area contributed by atoms with Crippen LogP contribution in [0.25, 0.3) is 10.9 Å². The quantitative estimate of drug-likeness (QED) is 0.700. The topological polar surface area (TPSA) is 45.8 Å². The van der Waals surface area contributed by atoms with E-state index in [9.17, 15) is 4.79 Å². The maximum Gasteiger partial charge on any atom is 0.161 e.